The maximum Gasteiger partial charge on any atom is 0.0665 e. The van der Waals surface area contributed by atoms with E-state index in [9.17, 15) is 0 Å². The van der Waals surface area contributed by atoms with E-state index in [1.807, 2.05) is 48.5 Å². The van der Waals surface area contributed by atoms with Gasteiger partial charge in [0, 0.05) is 11.8 Å². The number of rotatable bonds is 4. The summed E-state index contributed by atoms with van der Waals surface area (Å²) in [5, 5.41) is -0.0869. The van der Waals surface area contributed by atoms with Crippen LogP contribution in [-0.4, -0.2) is 5.88 Å². The van der Waals surface area contributed by atoms with E-state index in [0.717, 1.165) is 5.56 Å². The second-order valence-electron chi connectivity index (χ2n) is 3.98. The van der Waals surface area contributed by atoms with Crippen LogP contribution in [0, 0.1) is 0 Å². The minimum Gasteiger partial charge on any atom is -0.126 e. The van der Waals surface area contributed by atoms with E-state index in [1.165, 1.54) is 5.56 Å². The quantitative estimate of drug-likeness (QED) is 0.683. The van der Waals surface area contributed by atoms with Crippen molar-refractivity contribution in [1.29, 1.82) is 0 Å². The number of hydrogen-bond donors (Lipinski definition) is 0. The van der Waals surface area contributed by atoms with Crippen molar-refractivity contribution in [1.82, 2.24) is 0 Å². The van der Waals surface area contributed by atoms with Crippen molar-refractivity contribution in [2.24, 2.45) is 0 Å². The van der Waals surface area contributed by atoms with Crippen LogP contribution in [0.2, 0.25) is 0 Å². The van der Waals surface area contributed by atoms with E-state index in [4.69, 9.17) is 23.2 Å². The average molecular weight is 265 g/mol. The molecule has 0 N–H and O–H groups in total. The molecule has 0 bridgehead atoms. The van der Waals surface area contributed by atoms with Crippen LogP contribution in [-0.2, 0) is 0 Å². The van der Waals surface area contributed by atoms with Crippen molar-refractivity contribution in [3.8, 4) is 0 Å². The van der Waals surface area contributed by atoms with Crippen molar-refractivity contribution in [3.05, 3.63) is 71.8 Å². The Balaban J connectivity index is 2.25. The summed E-state index contributed by atoms with van der Waals surface area (Å²) in [6.07, 6.45) is 0. The molecule has 0 heterocycles. The molecule has 0 aliphatic carbocycles. The van der Waals surface area contributed by atoms with Crippen LogP contribution in [0.1, 0.15) is 22.4 Å². The third-order valence-corrected chi connectivity index (χ3v) is 3.75. The first-order valence-corrected chi connectivity index (χ1v) is 6.60. The Morgan fingerprint density at radius 2 is 1.24 bits per heavy atom. The highest BCUT2D eigenvalue weighted by Crippen LogP contribution is 2.36. The molecule has 0 nitrogen and oxygen atoms in total. The fraction of sp³-hybridized carbons (Fsp3) is 0.200. The van der Waals surface area contributed by atoms with Gasteiger partial charge in [0.1, 0.15) is 0 Å². The minimum atomic E-state index is -0.0869. The molecule has 0 aliphatic heterocycles. The first kappa shape index (κ1) is 12.5. The fourth-order valence-corrected chi connectivity index (χ4v) is 2.73. The smallest absolute Gasteiger partial charge is 0.0665 e. The fourth-order valence-electron chi connectivity index (χ4n) is 1.91. The first-order valence-electron chi connectivity index (χ1n) is 5.63. The molecule has 2 aromatic carbocycles. The maximum absolute atomic E-state index is 6.52. The average Bonchev–Trinajstić information content (AvgIpc) is 2.42. The molecule has 88 valence electrons. The van der Waals surface area contributed by atoms with Crippen LogP contribution in [0.25, 0.3) is 0 Å². The Bertz CT molecular complexity index is 439. The van der Waals surface area contributed by atoms with Gasteiger partial charge in [0.25, 0.3) is 0 Å². The monoisotopic (exact) mass is 264 g/mol. The summed E-state index contributed by atoms with van der Waals surface area (Å²) in [5.41, 5.74) is 2.30. The van der Waals surface area contributed by atoms with Crippen LogP contribution in [0.15, 0.2) is 60.7 Å². The molecule has 0 amide bonds. The van der Waals surface area contributed by atoms with Crippen molar-refractivity contribution >= 4 is 23.2 Å². The lowest BCUT2D eigenvalue weighted by Crippen LogP contribution is -2.08. The summed E-state index contributed by atoms with van der Waals surface area (Å²) in [6.45, 7) is 0. The summed E-state index contributed by atoms with van der Waals surface area (Å²) in [7, 11) is 0. The van der Waals surface area contributed by atoms with Crippen molar-refractivity contribution in [3.63, 3.8) is 0 Å². The van der Waals surface area contributed by atoms with Gasteiger partial charge >= 0.3 is 0 Å². The third kappa shape index (κ3) is 3.02. The molecule has 2 unspecified atom stereocenters. The molecule has 17 heavy (non-hydrogen) atoms. The Morgan fingerprint density at radius 3 is 1.71 bits per heavy atom. The molecular formula is C15H14Cl2. The van der Waals surface area contributed by atoms with Gasteiger partial charge in [-0.25, -0.2) is 0 Å². The third-order valence-electron chi connectivity index (χ3n) is 2.87. The molecule has 0 saturated carbocycles. The van der Waals surface area contributed by atoms with Crippen LogP contribution in [0.5, 0.6) is 0 Å². The van der Waals surface area contributed by atoms with Crippen LogP contribution in [0.4, 0.5) is 0 Å². The van der Waals surface area contributed by atoms with Gasteiger partial charge in [0.15, 0.2) is 0 Å². The standard InChI is InChI=1S/C15H14Cl2/c16-11-14(12-7-3-1-4-8-12)15(17)13-9-5-2-6-10-13/h1-10,14-15H,11H2. The Kier molecular flexibility index (Phi) is 4.47. The van der Waals surface area contributed by atoms with E-state index in [-0.39, 0.29) is 11.3 Å². The van der Waals surface area contributed by atoms with Gasteiger partial charge < -0.3 is 0 Å². The van der Waals surface area contributed by atoms with Gasteiger partial charge in [-0.1, -0.05) is 60.7 Å². The van der Waals surface area contributed by atoms with Gasteiger partial charge in [0.2, 0.25) is 0 Å². The topological polar surface area (TPSA) is 0 Å². The highest BCUT2D eigenvalue weighted by atomic mass is 35.5. The Labute approximate surface area is 112 Å². The molecule has 2 atom stereocenters. The highest BCUT2D eigenvalue weighted by molar-refractivity contribution is 6.23. The van der Waals surface area contributed by atoms with E-state index < -0.39 is 0 Å². The van der Waals surface area contributed by atoms with E-state index in [1.54, 1.807) is 0 Å². The molecule has 2 aromatic rings. The van der Waals surface area contributed by atoms with Gasteiger partial charge in [-0.05, 0) is 11.1 Å². The van der Waals surface area contributed by atoms with Crippen molar-refractivity contribution in [2.75, 3.05) is 5.88 Å². The molecule has 0 fully saturated rings. The second-order valence-corrected chi connectivity index (χ2v) is 4.76. The first-order chi connectivity index (χ1) is 8.33. The lowest BCUT2D eigenvalue weighted by Gasteiger charge is -2.20. The largest absolute Gasteiger partial charge is 0.126 e. The van der Waals surface area contributed by atoms with Crippen molar-refractivity contribution in [2.45, 2.75) is 11.3 Å². The SMILES string of the molecule is ClCC(c1ccccc1)C(Cl)c1ccccc1. The number of halogens is 2. The number of hydrogen-bond acceptors (Lipinski definition) is 0. The van der Waals surface area contributed by atoms with E-state index >= 15 is 0 Å². The van der Waals surface area contributed by atoms with Crippen LogP contribution in [0.3, 0.4) is 0 Å². The molecule has 0 saturated heterocycles. The minimum absolute atomic E-state index is 0.0869. The predicted molar refractivity (Wildman–Crippen MR) is 74.9 cm³/mol. The van der Waals surface area contributed by atoms with E-state index in [0.29, 0.717) is 5.88 Å². The number of alkyl halides is 2. The number of benzene rings is 2. The molecule has 2 heteroatoms. The van der Waals surface area contributed by atoms with Gasteiger partial charge in [-0.3, -0.25) is 0 Å². The Hall–Kier alpha value is -0.980. The molecule has 2 rings (SSSR count). The zero-order valence-electron chi connectivity index (χ0n) is 9.39. The molecule has 0 spiro atoms. The molecule has 0 aromatic heterocycles. The summed E-state index contributed by atoms with van der Waals surface area (Å²) >= 11 is 12.6. The molecule has 0 radical (unpaired) electrons. The normalized spacial score (nSPS) is 14.2. The van der Waals surface area contributed by atoms with E-state index in [2.05, 4.69) is 12.1 Å². The lowest BCUT2D eigenvalue weighted by atomic mass is 9.93. The van der Waals surface area contributed by atoms with Gasteiger partial charge in [-0.2, -0.15) is 0 Å². The zero-order chi connectivity index (χ0) is 12.1. The van der Waals surface area contributed by atoms with Crippen LogP contribution >= 0.6 is 23.2 Å². The van der Waals surface area contributed by atoms with Crippen LogP contribution < -0.4 is 0 Å². The predicted octanol–water partition coefficient (Wildman–Crippen LogP) is 4.99. The van der Waals surface area contributed by atoms with Crippen molar-refractivity contribution < 1.29 is 0 Å². The molecule has 0 aliphatic rings. The van der Waals surface area contributed by atoms with Gasteiger partial charge in [0.05, 0.1) is 5.38 Å². The maximum atomic E-state index is 6.52. The molecular weight excluding hydrogens is 251 g/mol. The lowest BCUT2D eigenvalue weighted by molar-refractivity contribution is 0.739. The van der Waals surface area contributed by atoms with Gasteiger partial charge in [-0.15, -0.1) is 23.2 Å². The summed E-state index contributed by atoms with van der Waals surface area (Å²) in [6, 6.07) is 20.3. The highest BCUT2D eigenvalue weighted by Gasteiger charge is 2.21. The Morgan fingerprint density at radius 1 is 0.765 bits per heavy atom. The summed E-state index contributed by atoms with van der Waals surface area (Å²) in [5.74, 6) is 0.662. The summed E-state index contributed by atoms with van der Waals surface area (Å²) in [4.78, 5) is 0. The second kappa shape index (κ2) is 6.09. The zero-order valence-corrected chi connectivity index (χ0v) is 10.9. The summed E-state index contributed by atoms with van der Waals surface area (Å²) < 4.78 is 0.